The van der Waals surface area contributed by atoms with E-state index in [4.69, 9.17) is 4.74 Å². The van der Waals surface area contributed by atoms with Crippen molar-refractivity contribution in [2.24, 2.45) is 0 Å². The molecule has 0 atom stereocenters. The van der Waals surface area contributed by atoms with Crippen molar-refractivity contribution in [1.29, 1.82) is 0 Å². The zero-order chi connectivity index (χ0) is 21.1. The number of anilines is 3. The lowest BCUT2D eigenvalue weighted by Gasteiger charge is -2.10. The SMILES string of the molecule is CCCOC(=O)c1ccc(NC(=O)CNc2ccc(NC(=O)CCC)cc2)cc1. The molecule has 0 aliphatic rings. The molecule has 7 heteroatoms. The third-order valence-corrected chi connectivity index (χ3v) is 3.94. The van der Waals surface area contributed by atoms with E-state index in [1.54, 1.807) is 48.5 Å². The Morgan fingerprint density at radius 2 is 1.31 bits per heavy atom. The maximum Gasteiger partial charge on any atom is 0.338 e. The van der Waals surface area contributed by atoms with Crippen molar-refractivity contribution in [1.82, 2.24) is 0 Å². The summed E-state index contributed by atoms with van der Waals surface area (Å²) in [5.41, 5.74) is 2.53. The van der Waals surface area contributed by atoms with Crippen LogP contribution in [0.4, 0.5) is 17.1 Å². The van der Waals surface area contributed by atoms with E-state index in [-0.39, 0.29) is 24.3 Å². The highest BCUT2D eigenvalue weighted by Crippen LogP contribution is 2.14. The Balaban J connectivity index is 1.79. The predicted octanol–water partition coefficient (Wildman–Crippen LogP) is 4.04. The van der Waals surface area contributed by atoms with Crippen LogP contribution in [0.15, 0.2) is 48.5 Å². The third kappa shape index (κ3) is 7.65. The Morgan fingerprint density at radius 3 is 1.90 bits per heavy atom. The number of ether oxygens (including phenoxy) is 1. The molecule has 0 heterocycles. The Kier molecular flexibility index (Phi) is 8.69. The first-order valence-corrected chi connectivity index (χ1v) is 9.72. The van der Waals surface area contributed by atoms with Gasteiger partial charge in [0.1, 0.15) is 0 Å². The molecule has 0 radical (unpaired) electrons. The Morgan fingerprint density at radius 1 is 0.759 bits per heavy atom. The quantitative estimate of drug-likeness (QED) is 0.526. The minimum absolute atomic E-state index is 0.0165. The van der Waals surface area contributed by atoms with Crippen LogP contribution in [0.25, 0.3) is 0 Å². The van der Waals surface area contributed by atoms with Crippen LogP contribution in [-0.2, 0) is 14.3 Å². The summed E-state index contributed by atoms with van der Waals surface area (Å²) >= 11 is 0. The fourth-order valence-corrected chi connectivity index (χ4v) is 2.48. The van der Waals surface area contributed by atoms with Gasteiger partial charge < -0.3 is 20.7 Å². The van der Waals surface area contributed by atoms with Gasteiger partial charge in [0.05, 0.1) is 18.7 Å². The van der Waals surface area contributed by atoms with Crippen molar-refractivity contribution in [3.63, 3.8) is 0 Å². The molecule has 0 saturated carbocycles. The fourth-order valence-electron chi connectivity index (χ4n) is 2.48. The first kappa shape index (κ1) is 21.9. The van der Waals surface area contributed by atoms with Gasteiger partial charge in [-0.05, 0) is 61.4 Å². The van der Waals surface area contributed by atoms with Crippen molar-refractivity contribution in [3.8, 4) is 0 Å². The van der Waals surface area contributed by atoms with Crippen LogP contribution in [0.5, 0.6) is 0 Å². The van der Waals surface area contributed by atoms with Gasteiger partial charge in [-0.3, -0.25) is 9.59 Å². The van der Waals surface area contributed by atoms with E-state index in [1.165, 1.54) is 0 Å². The van der Waals surface area contributed by atoms with Gasteiger partial charge in [-0.15, -0.1) is 0 Å². The highest BCUT2D eigenvalue weighted by atomic mass is 16.5. The summed E-state index contributed by atoms with van der Waals surface area (Å²) in [6.45, 7) is 4.35. The summed E-state index contributed by atoms with van der Waals surface area (Å²) in [6, 6.07) is 13.7. The van der Waals surface area contributed by atoms with Crippen LogP contribution in [-0.4, -0.2) is 30.9 Å². The molecule has 0 bridgehead atoms. The summed E-state index contributed by atoms with van der Waals surface area (Å²) in [7, 11) is 0. The summed E-state index contributed by atoms with van der Waals surface area (Å²) < 4.78 is 5.07. The van der Waals surface area contributed by atoms with E-state index in [0.29, 0.717) is 24.3 Å². The molecule has 2 amide bonds. The second-order valence-electron chi connectivity index (χ2n) is 6.49. The molecule has 0 unspecified atom stereocenters. The zero-order valence-electron chi connectivity index (χ0n) is 16.8. The lowest BCUT2D eigenvalue weighted by atomic mass is 10.2. The van der Waals surface area contributed by atoms with Gasteiger partial charge in [0, 0.05) is 23.5 Å². The Bertz CT molecular complexity index is 817. The fraction of sp³-hybridized carbons (Fsp3) is 0.318. The molecular weight excluding hydrogens is 370 g/mol. The van der Waals surface area contributed by atoms with Crippen LogP contribution in [0, 0.1) is 0 Å². The van der Waals surface area contributed by atoms with Crippen molar-refractivity contribution >= 4 is 34.8 Å². The first-order chi connectivity index (χ1) is 14.0. The molecule has 0 fully saturated rings. The summed E-state index contributed by atoms with van der Waals surface area (Å²) in [5.74, 6) is -0.607. The second-order valence-corrected chi connectivity index (χ2v) is 6.49. The van der Waals surface area contributed by atoms with Gasteiger partial charge in [-0.25, -0.2) is 4.79 Å². The smallest absolute Gasteiger partial charge is 0.338 e. The zero-order valence-corrected chi connectivity index (χ0v) is 16.8. The number of carbonyl (C=O) groups is 3. The summed E-state index contributed by atoms with van der Waals surface area (Å²) in [5, 5.41) is 8.60. The number of hydrogen-bond donors (Lipinski definition) is 3. The molecule has 2 aromatic carbocycles. The van der Waals surface area contributed by atoms with E-state index in [1.807, 2.05) is 13.8 Å². The number of carbonyl (C=O) groups excluding carboxylic acids is 3. The number of esters is 1. The van der Waals surface area contributed by atoms with E-state index in [9.17, 15) is 14.4 Å². The molecule has 0 spiro atoms. The van der Waals surface area contributed by atoms with Crippen molar-refractivity contribution in [2.45, 2.75) is 33.1 Å². The van der Waals surface area contributed by atoms with Crippen LogP contribution < -0.4 is 16.0 Å². The normalized spacial score (nSPS) is 10.1. The monoisotopic (exact) mass is 397 g/mol. The van der Waals surface area contributed by atoms with Gasteiger partial charge in [-0.2, -0.15) is 0 Å². The largest absolute Gasteiger partial charge is 0.462 e. The lowest BCUT2D eigenvalue weighted by Crippen LogP contribution is -2.21. The van der Waals surface area contributed by atoms with Crippen molar-refractivity contribution < 1.29 is 19.1 Å². The highest BCUT2D eigenvalue weighted by molar-refractivity contribution is 5.95. The third-order valence-electron chi connectivity index (χ3n) is 3.94. The Labute approximate surface area is 170 Å². The van der Waals surface area contributed by atoms with Gasteiger partial charge in [0.25, 0.3) is 0 Å². The number of hydrogen-bond acceptors (Lipinski definition) is 5. The molecule has 29 heavy (non-hydrogen) atoms. The van der Waals surface area contributed by atoms with Gasteiger partial charge in [0.2, 0.25) is 11.8 Å². The van der Waals surface area contributed by atoms with E-state index >= 15 is 0 Å². The first-order valence-electron chi connectivity index (χ1n) is 9.72. The molecule has 7 nitrogen and oxygen atoms in total. The molecule has 2 rings (SSSR count). The number of benzene rings is 2. The maximum absolute atomic E-state index is 12.1. The second kappa shape index (κ2) is 11.5. The maximum atomic E-state index is 12.1. The molecule has 2 aromatic rings. The number of nitrogens with one attached hydrogen (secondary N) is 3. The van der Waals surface area contributed by atoms with Crippen molar-refractivity contribution in [2.75, 3.05) is 29.1 Å². The van der Waals surface area contributed by atoms with Gasteiger partial charge in [-0.1, -0.05) is 13.8 Å². The number of amides is 2. The predicted molar refractivity (Wildman–Crippen MR) is 114 cm³/mol. The average Bonchev–Trinajstić information content (AvgIpc) is 2.72. The number of rotatable bonds is 10. The lowest BCUT2D eigenvalue weighted by molar-refractivity contribution is -0.116. The van der Waals surface area contributed by atoms with Crippen molar-refractivity contribution in [3.05, 3.63) is 54.1 Å². The minimum atomic E-state index is -0.374. The van der Waals surface area contributed by atoms with Crippen LogP contribution in [0.3, 0.4) is 0 Å². The van der Waals surface area contributed by atoms with Gasteiger partial charge in [0.15, 0.2) is 0 Å². The molecule has 3 N–H and O–H groups in total. The molecule has 154 valence electrons. The summed E-state index contributed by atoms with van der Waals surface area (Å²) in [4.78, 5) is 35.5. The molecular formula is C22H27N3O4. The highest BCUT2D eigenvalue weighted by Gasteiger charge is 2.08. The van der Waals surface area contributed by atoms with Crippen LogP contribution >= 0.6 is 0 Å². The van der Waals surface area contributed by atoms with E-state index < -0.39 is 0 Å². The molecule has 0 saturated heterocycles. The topological polar surface area (TPSA) is 96.5 Å². The minimum Gasteiger partial charge on any atom is -0.462 e. The molecule has 0 aliphatic heterocycles. The van der Waals surface area contributed by atoms with Crippen LogP contribution in [0.1, 0.15) is 43.5 Å². The Hall–Kier alpha value is -3.35. The standard InChI is InChI=1S/C22H27N3O4/c1-3-5-20(26)24-19-12-10-17(11-13-19)23-15-21(27)25-18-8-6-16(7-9-18)22(28)29-14-4-2/h6-13,23H,3-5,14-15H2,1-2H3,(H,24,26)(H,25,27). The van der Waals surface area contributed by atoms with Gasteiger partial charge >= 0.3 is 5.97 Å². The van der Waals surface area contributed by atoms with Crippen LogP contribution in [0.2, 0.25) is 0 Å². The average molecular weight is 397 g/mol. The molecule has 0 aromatic heterocycles. The molecule has 0 aliphatic carbocycles. The summed E-state index contributed by atoms with van der Waals surface area (Å²) in [6.07, 6.45) is 2.05. The van der Waals surface area contributed by atoms with E-state index in [0.717, 1.165) is 24.2 Å². The van der Waals surface area contributed by atoms with E-state index in [2.05, 4.69) is 16.0 Å².